The van der Waals surface area contributed by atoms with E-state index < -0.39 is 25.5 Å². The number of carbonyl (C=O) groups is 2. The number of rotatable bonds is 6. The van der Waals surface area contributed by atoms with E-state index in [0.717, 1.165) is 11.1 Å². The van der Waals surface area contributed by atoms with Crippen molar-refractivity contribution in [2.24, 2.45) is 0 Å². The summed E-state index contributed by atoms with van der Waals surface area (Å²) in [5.41, 5.74) is 3.91. The summed E-state index contributed by atoms with van der Waals surface area (Å²) in [5, 5.41) is 12.6. The van der Waals surface area contributed by atoms with Crippen LogP contribution in [0.25, 0.3) is 0 Å². The van der Waals surface area contributed by atoms with Crippen molar-refractivity contribution >= 4 is 20.0 Å². The van der Waals surface area contributed by atoms with Crippen LogP contribution in [0.5, 0.6) is 0 Å². The van der Waals surface area contributed by atoms with Gasteiger partial charge in [0.2, 0.25) is 5.91 Å². The van der Waals surface area contributed by atoms with Gasteiger partial charge >= 0.3 is 5.97 Å². The Kier molecular flexibility index (Phi) is 7.51. The summed E-state index contributed by atoms with van der Waals surface area (Å²) in [5.74, 6) is 1.63. The number of nitrogens with one attached hydrogen (secondary N) is 1. The molecule has 5 heteroatoms. The van der Waals surface area contributed by atoms with E-state index in [1.54, 1.807) is 0 Å². The third-order valence-corrected chi connectivity index (χ3v) is 10.9. The molecule has 2 aromatic carbocycles. The summed E-state index contributed by atoms with van der Waals surface area (Å²) in [6, 6.07) is 17.8. The predicted molar refractivity (Wildman–Crippen MR) is 128 cm³/mol. The predicted octanol–water partition coefficient (Wildman–Crippen LogP) is 5.00. The average molecular weight is 436 g/mol. The number of hydrogen-bond donors (Lipinski definition) is 2. The standard InChI is InChI=1S/C26H33NO3Si/c1-25(2,3)31(5,6)19-13-18-22(23(28)29)27-24(30)26(4,20-14-9-7-10-15-20)21-16-11-8-12-17-21/h7-12,14-17,22H,18H2,1-6H3,(H,27,30)(H,28,29)/t22-/m1/s1. The van der Waals surface area contributed by atoms with Gasteiger partial charge in [-0.15, -0.1) is 11.5 Å². The Balaban J connectivity index is 2.34. The zero-order chi connectivity index (χ0) is 23.3. The molecule has 0 aliphatic rings. The molecule has 0 saturated carbocycles. The first-order chi connectivity index (χ1) is 14.4. The van der Waals surface area contributed by atoms with Crippen molar-refractivity contribution in [3.63, 3.8) is 0 Å². The monoisotopic (exact) mass is 435 g/mol. The molecule has 2 N–H and O–H groups in total. The van der Waals surface area contributed by atoms with Crippen LogP contribution >= 0.6 is 0 Å². The highest BCUT2D eigenvalue weighted by molar-refractivity contribution is 6.87. The van der Waals surface area contributed by atoms with Crippen LogP contribution in [0.2, 0.25) is 18.1 Å². The minimum Gasteiger partial charge on any atom is -0.480 e. The SMILES string of the molecule is CC(C(=O)N[C@H](CC#C[Si](C)(C)C(C)(C)C)C(=O)O)(c1ccccc1)c1ccccc1. The molecule has 0 aliphatic carbocycles. The Morgan fingerprint density at radius 2 is 1.39 bits per heavy atom. The van der Waals surface area contributed by atoms with Crippen molar-refractivity contribution in [1.29, 1.82) is 0 Å². The van der Waals surface area contributed by atoms with Crippen molar-refractivity contribution in [3.05, 3.63) is 71.8 Å². The molecule has 1 atom stereocenters. The summed E-state index contributed by atoms with van der Waals surface area (Å²) in [4.78, 5) is 25.4. The average Bonchev–Trinajstić information content (AvgIpc) is 2.72. The van der Waals surface area contributed by atoms with E-state index in [0.29, 0.717) is 0 Å². The normalized spacial score (nSPS) is 13.0. The number of amides is 1. The van der Waals surface area contributed by atoms with Gasteiger partial charge in [0.25, 0.3) is 0 Å². The second-order valence-electron chi connectivity index (χ2n) is 9.60. The first-order valence-electron chi connectivity index (χ1n) is 10.5. The maximum Gasteiger partial charge on any atom is 0.327 e. The Morgan fingerprint density at radius 1 is 0.935 bits per heavy atom. The van der Waals surface area contributed by atoms with Crippen molar-refractivity contribution in [2.45, 2.75) is 63.7 Å². The van der Waals surface area contributed by atoms with Crippen molar-refractivity contribution in [2.75, 3.05) is 0 Å². The second-order valence-corrected chi connectivity index (χ2v) is 14.6. The van der Waals surface area contributed by atoms with Crippen LogP contribution in [0.15, 0.2) is 60.7 Å². The highest BCUT2D eigenvalue weighted by Gasteiger charge is 2.39. The maximum atomic E-state index is 13.5. The molecule has 1 amide bonds. The van der Waals surface area contributed by atoms with Gasteiger partial charge in [0.1, 0.15) is 14.1 Å². The van der Waals surface area contributed by atoms with E-state index in [1.165, 1.54) is 0 Å². The molecule has 0 aromatic heterocycles. The molecule has 0 spiro atoms. The third kappa shape index (κ3) is 5.65. The Hall–Kier alpha value is -2.84. The molecule has 0 fully saturated rings. The molecule has 31 heavy (non-hydrogen) atoms. The highest BCUT2D eigenvalue weighted by atomic mass is 28.3. The Morgan fingerprint density at radius 3 is 1.77 bits per heavy atom. The van der Waals surface area contributed by atoms with E-state index in [9.17, 15) is 14.7 Å². The van der Waals surface area contributed by atoms with E-state index in [4.69, 9.17) is 0 Å². The molecule has 0 bridgehead atoms. The zero-order valence-electron chi connectivity index (χ0n) is 19.3. The molecule has 0 radical (unpaired) electrons. The summed E-state index contributed by atoms with van der Waals surface area (Å²) >= 11 is 0. The van der Waals surface area contributed by atoms with Crippen LogP contribution in [0.1, 0.15) is 45.2 Å². The van der Waals surface area contributed by atoms with E-state index >= 15 is 0 Å². The topological polar surface area (TPSA) is 66.4 Å². The van der Waals surface area contributed by atoms with E-state index in [1.807, 2.05) is 67.6 Å². The van der Waals surface area contributed by atoms with Gasteiger partial charge in [0.15, 0.2) is 0 Å². The lowest BCUT2D eigenvalue weighted by Crippen LogP contribution is -2.50. The molecule has 0 unspecified atom stereocenters. The van der Waals surface area contributed by atoms with Crippen molar-refractivity contribution in [1.82, 2.24) is 5.32 Å². The summed E-state index contributed by atoms with van der Waals surface area (Å²) in [7, 11) is -1.86. The van der Waals surface area contributed by atoms with Crippen LogP contribution in [0, 0.1) is 11.5 Å². The van der Waals surface area contributed by atoms with Gasteiger partial charge in [0.05, 0.1) is 5.41 Å². The first-order valence-corrected chi connectivity index (χ1v) is 13.5. The first kappa shape index (κ1) is 24.4. The number of carbonyl (C=O) groups excluding carboxylic acids is 1. The molecule has 164 valence electrons. The van der Waals surface area contributed by atoms with Gasteiger partial charge in [-0.25, -0.2) is 4.79 Å². The summed E-state index contributed by atoms with van der Waals surface area (Å²) in [6.45, 7) is 12.7. The fourth-order valence-electron chi connectivity index (χ4n) is 3.04. The van der Waals surface area contributed by atoms with Crippen LogP contribution in [-0.2, 0) is 15.0 Å². The molecule has 2 aromatic rings. The van der Waals surface area contributed by atoms with Gasteiger partial charge < -0.3 is 10.4 Å². The zero-order valence-corrected chi connectivity index (χ0v) is 20.3. The van der Waals surface area contributed by atoms with Gasteiger partial charge in [-0.05, 0) is 23.1 Å². The second kappa shape index (κ2) is 9.53. The van der Waals surface area contributed by atoms with Crippen LogP contribution in [0.3, 0.4) is 0 Å². The van der Waals surface area contributed by atoms with Gasteiger partial charge in [-0.2, -0.15) is 0 Å². The van der Waals surface area contributed by atoms with Crippen LogP contribution in [-0.4, -0.2) is 31.1 Å². The number of carboxylic acids is 1. The number of benzene rings is 2. The maximum absolute atomic E-state index is 13.5. The Labute approximate surface area is 187 Å². The van der Waals surface area contributed by atoms with Crippen molar-refractivity contribution in [3.8, 4) is 11.5 Å². The minimum absolute atomic E-state index is 0.0766. The number of hydrogen-bond acceptors (Lipinski definition) is 2. The van der Waals surface area contributed by atoms with Crippen LogP contribution < -0.4 is 5.32 Å². The van der Waals surface area contributed by atoms with Gasteiger partial charge in [0, 0.05) is 6.42 Å². The van der Waals surface area contributed by atoms with Crippen LogP contribution in [0.4, 0.5) is 0 Å². The minimum atomic E-state index is -1.86. The smallest absolute Gasteiger partial charge is 0.327 e. The number of carboxylic acid groups (broad SMARTS) is 1. The quantitative estimate of drug-likeness (QED) is 0.495. The lowest BCUT2D eigenvalue weighted by atomic mass is 9.75. The summed E-state index contributed by atoms with van der Waals surface area (Å²) in [6.07, 6.45) is 0.0766. The van der Waals surface area contributed by atoms with Gasteiger partial charge in [-0.3, -0.25) is 4.79 Å². The van der Waals surface area contributed by atoms with Gasteiger partial charge in [-0.1, -0.05) is 94.5 Å². The molecule has 4 nitrogen and oxygen atoms in total. The summed E-state index contributed by atoms with van der Waals surface area (Å²) < 4.78 is 0. The lowest BCUT2D eigenvalue weighted by Gasteiger charge is -2.32. The Bertz CT molecular complexity index is 927. The molecule has 0 heterocycles. The molecular weight excluding hydrogens is 402 g/mol. The number of aliphatic carboxylic acids is 1. The van der Waals surface area contributed by atoms with Crippen molar-refractivity contribution < 1.29 is 14.7 Å². The van der Waals surface area contributed by atoms with E-state index in [2.05, 4.69) is 50.6 Å². The fourth-order valence-corrected chi connectivity index (χ4v) is 3.96. The largest absolute Gasteiger partial charge is 0.480 e. The third-order valence-electron chi connectivity index (χ3n) is 6.34. The molecular formula is C26H33NO3Si. The fraction of sp³-hybridized carbons (Fsp3) is 0.385. The molecule has 0 aliphatic heterocycles. The molecule has 0 saturated heterocycles. The molecule has 2 rings (SSSR count). The highest BCUT2D eigenvalue weighted by Crippen LogP contribution is 2.35. The lowest BCUT2D eigenvalue weighted by molar-refractivity contribution is -0.142. The van der Waals surface area contributed by atoms with E-state index in [-0.39, 0.29) is 17.4 Å².